The Morgan fingerprint density at radius 3 is 2.48 bits per heavy atom. The third-order valence-electron chi connectivity index (χ3n) is 4.37. The molecule has 0 radical (unpaired) electrons. The van der Waals surface area contributed by atoms with Crippen LogP contribution in [-0.2, 0) is 25.9 Å². The van der Waals surface area contributed by atoms with Gasteiger partial charge in [0.15, 0.2) is 0 Å². The van der Waals surface area contributed by atoms with Gasteiger partial charge in [-0.15, -0.1) is 0 Å². The lowest BCUT2D eigenvalue weighted by Gasteiger charge is -2.29. The van der Waals surface area contributed by atoms with Crippen molar-refractivity contribution in [3.8, 4) is 0 Å². The molecule has 0 spiro atoms. The van der Waals surface area contributed by atoms with Crippen LogP contribution in [0.5, 0.6) is 0 Å². The van der Waals surface area contributed by atoms with E-state index in [1.807, 2.05) is 7.05 Å². The van der Waals surface area contributed by atoms with E-state index in [1.54, 1.807) is 0 Å². The van der Waals surface area contributed by atoms with Gasteiger partial charge in [-0.2, -0.15) is 0 Å². The summed E-state index contributed by atoms with van der Waals surface area (Å²) >= 11 is 0. The summed E-state index contributed by atoms with van der Waals surface area (Å²) in [5, 5.41) is 3.25. The Labute approximate surface area is 127 Å². The lowest BCUT2D eigenvalue weighted by atomic mass is 9.98. The van der Waals surface area contributed by atoms with Gasteiger partial charge in [0.2, 0.25) is 0 Å². The number of nitrogens with one attached hydrogen (secondary N) is 1. The molecule has 0 aromatic heterocycles. The third kappa shape index (κ3) is 3.52. The lowest BCUT2D eigenvalue weighted by molar-refractivity contribution is 0.245. The van der Waals surface area contributed by atoms with Crippen LogP contribution in [0.2, 0.25) is 0 Å². The van der Waals surface area contributed by atoms with Gasteiger partial charge in [-0.25, -0.2) is 0 Å². The largest absolute Gasteiger partial charge is 0.319 e. The molecule has 0 unspecified atom stereocenters. The van der Waals surface area contributed by atoms with Gasteiger partial charge in [0.1, 0.15) is 0 Å². The highest BCUT2D eigenvalue weighted by Gasteiger charge is 2.16. The first kappa shape index (κ1) is 14.3. The van der Waals surface area contributed by atoms with Crippen LogP contribution in [0.15, 0.2) is 48.5 Å². The molecule has 0 saturated heterocycles. The van der Waals surface area contributed by atoms with Crippen molar-refractivity contribution >= 4 is 0 Å². The zero-order valence-corrected chi connectivity index (χ0v) is 12.8. The molecule has 3 rings (SSSR count). The quantitative estimate of drug-likeness (QED) is 0.906. The Bertz CT molecular complexity index is 592. The maximum atomic E-state index is 3.25. The van der Waals surface area contributed by atoms with Crippen molar-refractivity contribution < 1.29 is 0 Å². The van der Waals surface area contributed by atoms with E-state index in [-0.39, 0.29) is 0 Å². The number of nitrogens with zero attached hydrogens (tertiary/aromatic N) is 1. The highest BCUT2D eigenvalue weighted by Crippen LogP contribution is 2.21. The normalized spacial score (nSPS) is 14.9. The summed E-state index contributed by atoms with van der Waals surface area (Å²) < 4.78 is 0. The summed E-state index contributed by atoms with van der Waals surface area (Å²) in [6, 6.07) is 17.7. The first-order valence-electron chi connectivity index (χ1n) is 7.87. The van der Waals surface area contributed by atoms with E-state index < -0.39 is 0 Å². The summed E-state index contributed by atoms with van der Waals surface area (Å²) in [6.45, 7) is 4.35. The van der Waals surface area contributed by atoms with Gasteiger partial charge in [-0.1, -0.05) is 48.5 Å². The lowest BCUT2D eigenvalue weighted by Crippen LogP contribution is -2.30. The molecule has 110 valence electrons. The van der Waals surface area contributed by atoms with Gasteiger partial charge in [0, 0.05) is 19.6 Å². The fourth-order valence-corrected chi connectivity index (χ4v) is 3.15. The van der Waals surface area contributed by atoms with Crippen molar-refractivity contribution in [3.05, 3.63) is 70.8 Å². The number of hydrogen-bond acceptors (Lipinski definition) is 2. The minimum atomic E-state index is 1.04. The van der Waals surface area contributed by atoms with Crippen LogP contribution in [-0.4, -0.2) is 25.0 Å². The average molecular weight is 280 g/mol. The maximum absolute atomic E-state index is 3.25. The zero-order valence-electron chi connectivity index (χ0n) is 12.8. The van der Waals surface area contributed by atoms with Crippen molar-refractivity contribution in [2.45, 2.75) is 25.9 Å². The van der Waals surface area contributed by atoms with Crippen LogP contribution in [0.3, 0.4) is 0 Å². The van der Waals surface area contributed by atoms with Gasteiger partial charge in [0.25, 0.3) is 0 Å². The molecule has 1 N–H and O–H groups in total. The molecule has 0 atom stereocenters. The first-order valence-corrected chi connectivity index (χ1v) is 7.87. The second kappa shape index (κ2) is 6.88. The highest BCUT2D eigenvalue weighted by atomic mass is 15.1. The van der Waals surface area contributed by atoms with Gasteiger partial charge >= 0.3 is 0 Å². The first-order chi connectivity index (χ1) is 10.4. The molecule has 0 fully saturated rings. The number of hydrogen-bond donors (Lipinski definition) is 1. The Balaban J connectivity index is 1.70. The summed E-state index contributed by atoms with van der Waals surface area (Å²) in [6.07, 6.45) is 2.28. The monoisotopic (exact) mass is 280 g/mol. The van der Waals surface area contributed by atoms with Crippen LogP contribution >= 0.6 is 0 Å². The second-order valence-electron chi connectivity index (χ2n) is 5.85. The molecular weight excluding hydrogens is 256 g/mol. The van der Waals surface area contributed by atoms with E-state index in [0.29, 0.717) is 0 Å². The number of benzene rings is 2. The van der Waals surface area contributed by atoms with E-state index in [4.69, 9.17) is 0 Å². The highest BCUT2D eigenvalue weighted by molar-refractivity contribution is 5.31. The molecule has 2 aromatic rings. The molecule has 0 saturated carbocycles. The summed E-state index contributed by atoms with van der Waals surface area (Å²) in [5.74, 6) is 0. The second-order valence-corrected chi connectivity index (χ2v) is 5.85. The predicted octanol–water partition coefficient (Wildman–Crippen LogP) is 3.01. The molecule has 1 heterocycles. The average Bonchev–Trinajstić information content (AvgIpc) is 2.54. The topological polar surface area (TPSA) is 15.3 Å². The molecule has 0 amide bonds. The minimum Gasteiger partial charge on any atom is -0.319 e. The van der Waals surface area contributed by atoms with Crippen LogP contribution in [0.4, 0.5) is 0 Å². The summed E-state index contributed by atoms with van der Waals surface area (Å²) in [4.78, 5) is 2.57. The van der Waals surface area contributed by atoms with Gasteiger partial charge in [-0.05, 0) is 48.7 Å². The molecule has 1 aliphatic rings. The minimum absolute atomic E-state index is 1.04. The number of likely N-dealkylation sites (N-methyl/N-ethyl adjacent to an activating group) is 1. The van der Waals surface area contributed by atoms with Crippen LogP contribution in [0.25, 0.3) is 0 Å². The SMILES string of the molecule is CNCCc1ccccc1CN1CCc2ccccc2C1. The Kier molecular flexibility index (Phi) is 4.69. The smallest absolute Gasteiger partial charge is 0.0240 e. The molecule has 2 nitrogen and oxygen atoms in total. The molecule has 0 bridgehead atoms. The third-order valence-corrected chi connectivity index (χ3v) is 4.37. The van der Waals surface area contributed by atoms with Crippen LogP contribution in [0.1, 0.15) is 22.3 Å². The summed E-state index contributed by atoms with van der Waals surface area (Å²) in [7, 11) is 2.02. The number of rotatable bonds is 5. The molecule has 1 aliphatic heterocycles. The predicted molar refractivity (Wildman–Crippen MR) is 88.3 cm³/mol. The zero-order chi connectivity index (χ0) is 14.5. The van der Waals surface area contributed by atoms with Gasteiger partial charge < -0.3 is 5.32 Å². The molecule has 0 aliphatic carbocycles. The molecule has 2 heteroatoms. The van der Waals surface area contributed by atoms with E-state index in [9.17, 15) is 0 Å². The van der Waals surface area contributed by atoms with E-state index in [0.717, 1.165) is 32.6 Å². The van der Waals surface area contributed by atoms with Crippen LogP contribution in [0, 0.1) is 0 Å². The van der Waals surface area contributed by atoms with Crippen molar-refractivity contribution in [3.63, 3.8) is 0 Å². The standard InChI is InChI=1S/C19H24N2/c1-20-12-10-16-6-2-4-8-18(16)14-21-13-11-17-7-3-5-9-19(17)15-21/h2-9,20H,10-15H2,1H3. The summed E-state index contributed by atoms with van der Waals surface area (Å²) in [5.41, 5.74) is 5.98. The maximum Gasteiger partial charge on any atom is 0.0240 e. The van der Waals surface area contributed by atoms with Crippen molar-refractivity contribution in [1.29, 1.82) is 0 Å². The Morgan fingerprint density at radius 1 is 0.952 bits per heavy atom. The van der Waals surface area contributed by atoms with E-state index in [1.165, 1.54) is 28.7 Å². The fraction of sp³-hybridized carbons (Fsp3) is 0.368. The molecular formula is C19H24N2. The molecule has 21 heavy (non-hydrogen) atoms. The van der Waals surface area contributed by atoms with Crippen molar-refractivity contribution in [2.75, 3.05) is 20.1 Å². The van der Waals surface area contributed by atoms with E-state index >= 15 is 0 Å². The Morgan fingerprint density at radius 2 is 1.67 bits per heavy atom. The van der Waals surface area contributed by atoms with Gasteiger partial charge in [-0.3, -0.25) is 4.90 Å². The molecule has 2 aromatic carbocycles. The number of fused-ring (bicyclic) bond motifs is 1. The van der Waals surface area contributed by atoms with Crippen molar-refractivity contribution in [1.82, 2.24) is 10.2 Å². The Hall–Kier alpha value is -1.64. The fourth-order valence-electron chi connectivity index (χ4n) is 3.15. The van der Waals surface area contributed by atoms with Gasteiger partial charge in [0.05, 0.1) is 0 Å². The van der Waals surface area contributed by atoms with Crippen LogP contribution < -0.4 is 5.32 Å². The van der Waals surface area contributed by atoms with E-state index in [2.05, 4.69) is 58.7 Å². The van der Waals surface area contributed by atoms with Crippen molar-refractivity contribution in [2.24, 2.45) is 0 Å².